The van der Waals surface area contributed by atoms with Gasteiger partial charge in [-0.05, 0) is 47.6 Å². The average Bonchev–Trinajstić information content (AvgIpc) is 2.88. The Labute approximate surface area is 193 Å². The molecule has 3 aromatic rings. The fourth-order valence-electron chi connectivity index (χ4n) is 4.54. The fourth-order valence-corrected chi connectivity index (χ4v) is 4.54. The number of piperidine rings is 1. The molecule has 0 radical (unpaired) electrons. The van der Waals surface area contributed by atoms with E-state index in [1.165, 1.54) is 17.7 Å². The Hall–Kier alpha value is -3.48. The van der Waals surface area contributed by atoms with E-state index in [4.69, 9.17) is 5.73 Å². The van der Waals surface area contributed by atoms with Gasteiger partial charge in [0.15, 0.2) is 0 Å². The maximum atomic E-state index is 13.2. The molecule has 0 bridgehead atoms. The molecule has 3 aromatic carbocycles. The monoisotopic (exact) mass is 444 g/mol. The standard InChI is InChI=1S/C27H28N2O4/c28-18-19-6-4-7-21(16-19)20-12-14-29(15-13-20)25(30)22-8-5-11-24(17-22)27(33,26(31)32)23-9-2-1-3-10-23/h1-11,16-17,20,33H,12-15,18,28H2,(H,31,32). The number of nitrogens with zero attached hydrogens (tertiary/aromatic N) is 1. The maximum absolute atomic E-state index is 13.2. The Morgan fingerprint density at radius 3 is 2.24 bits per heavy atom. The van der Waals surface area contributed by atoms with E-state index in [0.717, 1.165) is 18.4 Å². The van der Waals surface area contributed by atoms with Crippen LogP contribution in [0.2, 0.25) is 0 Å². The second kappa shape index (κ2) is 9.57. The molecule has 170 valence electrons. The van der Waals surface area contributed by atoms with Crippen LogP contribution in [0.25, 0.3) is 0 Å². The van der Waals surface area contributed by atoms with Crippen LogP contribution in [-0.4, -0.2) is 40.1 Å². The molecule has 6 heteroatoms. The number of nitrogens with two attached hydrogens (primary N) is 1. The second-order valence-electron chi connectivity index (χ2n) is 8.48. The van der Waals surface area contributed by atoms with Crippen molar-refractivity contribution in [2.24, 2.45) is 5.73 Å². The second-order valence-corrected chi connectivity index (χ2v) is 8.48. The molecular weight excluding hydrogens is 416 g/mol. The summed E-state index contributed by atoms with van der Waals surface area (Å²) < 4.78 is 0. The molecule has 1 heterocycles. The molecule has 1 amide bonds. The molecule has 1 aliphatic rings. The van der Waals surface area contributed by atoms with Gasteiger partial charge >= 0.3 is 5.97 Å². The van der Waals surface area contributed by atoms with E-state index in [9.17, 15) is 19.8 Å². The van der Waals surface area contributed by atoms with Crippen LogP contribution in [-0.2, 0) is 16.9 Å². The first-order valence-electron chi connectivity index (χ1n) is 11.1. The molecule has 4 rings (SSSR count). The third kappa shape index (κ3) is 4.53. The third-order valence-corrected chi connectivity index (χ3v) is 6.47. The molecular formula is C27H28N2O4. The number of benzene rings is 3. The highest BCUT2D eigenvalue weighted by Crippen LogP contribution is 2.32. The van der Waals surface area contributed by atoms with Crippen LogP contribution < -0.4 is 5.73 Å². The Morgan fingerprint density at radius 1 is 0.909 bits per heavy atom. The summed E-state index contributed by atoms with van der Waals surface area (Å²) >= 11 is 0. The Morgan fingerprint density at radius 2 is 1.58 bits per heavy atom. The minimum atomic E-state index is -2.24. The van der Waals surface area contributed by atoms with Crippen molar-refractivity contribution in [2.45, 2.75) is 30.9 Å². The van der Waals surface area contributed by atoms with Crippen LogP contribution >= 0.6 is 0 Å². The highest BCUT2D eigenvalue weighted by atomic mass is 16.4. The molecule has 0 aromatic heterocycles. The van der Waals surface area contributed by atoms with Crippen molar-refractivity contribution >= 4 is 11.9 Å². The number of carboxylic acids is 1. The Balaban J connectivity index is 1.52. The van der Waals surface area contributed by atoms with E-state index in [2.05, 4.69) is 12.1 Å². The van der Waals surface area contributed by atoms with Gasteiger partial charge in [-0.3, -0.25) is 4.79 Å². The van der Waals surface area contributed by atoms with Gasteiger partial charge < -0.3 is 20.8 Å². The van der Waals surface area contributed by atoms with Crippen LogP contribution in [0.4, 0.5) is 0 Å². The summed E-state index contributed by atoms with van der Waals surface area (Å²) in [5.74, 6) is -1.17. The molecule has 6 nitrogen and oxygen atoms in total. The van der Waals surface area contributed by atoms with Gasteiger partial charge in [0.05, 0.1) is 0 Å². The minimum absolute atomic E-state index is 0.153. The zero-order valence-electron chi connectivity index (χ0n) is 18.4. The zero-order chi connectivity index (χ0) is 23.4. The van der Waals surface area contributed by atoms with E-state index >= 15 is 0 Å². The summed E-state index contributed by atoms with van der Waals surface area (Å²) in [7, 11) is 0. The summed E-state index contributed by atoms with van der Waals surface area (Å²) in [4.78, 5) is 27.1. The molecule has 0 saturated carbocycles. The van der Waals surface area contributed by atoms with Crippen LogP contribution in [0.3, 0.4) is 0 Å². The number of hydrogen-bond acceptors (Lipinski definition) is 4. The van der Waals surface area contributed by atoms with Gasteiger partial charge in [0.25, 0.3) is 5.91 Å². The van der Waals surface area contributed by atoms with Crippen LogP contribution in [0.15, 0.2) is 78.9 Å². The van der Waals surface area contributed by atoms with Gasteiger partial charge in [-0.25, -0.2) is 4.79 Å². The first-order chi connectivity index (χ1) is 15.9. The fraction of sp³-hybridized carbons (Fsp3) is 0.259. The van der Waals surface area contributed by atoms with E-state index < -0.39 is 11.6 Å². The van der Waals surface area contributed by atoms with Gasteiger partial charge in [0.1, 0.15) is 0 Å². The first-order valence-corrected chi connectivity index (χ1v) is 11.1. The predicted molar refractivity (Wildman–Crippen MR) is 126 cm³/mol. The van der Waals surface area contributed by atoms with Crippen molar-refractivity contribution in [3.63, 3.8) is 0 Å². The number of likely N-dealkylation sites (tertiary alicyclic amines) is 1. The minimum Gasteiger partial charge on any atom is -0.479 e. The number of carbonyl (C=O) groups excluding carboxylic acids is 1. The largest absolute Gasteiger partial charge is 0.479 e. The number of carboxylic acid groups (broad SMARTS) is 1. The van der Waals surface area contributed by atoms with Crippen molar-refractivity contribution in [3.05, 3.63) is 107 Å². The van der Waals surface area contributed by atoms with Crippen LogP contribution in [0.5, 0.6) is 0 Å². The van der Waals surface area contributed by atoms with Crippen molar-refractivity contribution in [1.82, 2.24) is 4.90 Å². The average molecular weight is 445 g/mol. The molecule has 33 heavy (non-hydrogen) atoms. The molecule has 0 aliphatic carbocycles. The summed E-state index contributed by atoms with van der Waals surface area (Å²) in [5.41, 5.74) is 6.64. The molecule has 0 spiro atoms. The number of aliphatic hydroxyl groups is 1. The number of hydrogen-bond donors (Lipinski definition) is 3. The lowest BCUT2D eigenvalue weighted by Crippen LogP contribution is -2.39. The Kier molecular flexibility index (Phi) is 6.58. The van der Waals surface area contributed by atoms with Gasteiger partial charge in [-0.15, -0.1) is 0 Å². The number of amides is 1. The van der Waals surface area contributed by atoms with E-state index in [0.29, 0.717) is 31.1 Å². The number of carbonyl (C=O) groups is 2. The zero-order valence-corrected chi connectivity index (χ0v) is 18.4. The SMILES string of the molecule is NCc1cccc(C2CCN(C(=O)c3cccc(C(O)(C(=O)O)c4ccccc4)c3)CC2)c1. The molecule has 1 fully saturated rings. The van der Waals surface area contributed by atoms with E-state index in [1.54, 1.807) is 47.4 Å². The number of aliphatic carboxylic acids is 1. The van der Waals surface area contributed by atoms with Crippen LogP contribution in [0, 0.1) is 0 Å². The highest BCUT2D eigenvalue weighted by Gasteiger charge is 2.40. The summed E-state index contributed by atoms with van der Waals surface area (Å²) in [5, 5.41) is 21.0. The molecule has 1 aliphatic heterocycles. The van der Waals surface area contributed by atoms with E-state index in [-0.39, 0.29) is 17.0 Å². The number of rotatable bonds is 6. The molecule has 1 unspecified atom stereocenters. The van der Waals surface area contributed by atoms with Gasteiger partial charge in [0.2, 0.25) is 5.60 Å². The highest BCUT2D eigenvalue weighted by molar-refractivity contribution is 5.95. The lowest BCUT2D eigenvalue weighted by Gasteiger charge is -2.33. The van der Waals surface area contributed by atoms with Crippen molar-refractivity contribution in [2.75, 3.05) is 13.1 Å². The normalized spacial score (nSPS) is 16.2. The van der Waals surface area contributed by atoms with Crippen LogP contribution in [0.1, 0.15) is 51.4 Å². The lowest BCUT2D eigenvalue weighted by molar-refractivity contribution is -0.155. The van der Waals surface area contributed by atoms with E-state index in [1.807, 2.05) is 12.1 Å². The maximum Gasteiger partial charge on any atom is 0.345 e. The summed E-state index contributed by atoms with van der Waals surface area (Å²) in [6.45, 7) is 1.73. The summed E-state index contributed by atoms with van der Waals surface area (Å²) in [6, 6.07) is 22.8. The predicted octanol–water partition coefficient (Wildman–Crippen LogP) is 3.49. The summed E-state index contributed by atoms with van der Waals surface area (Å²) in [6.07, 6.45) is 1.70. The van der Waals surface area contributed by atoms with Gasteiger partial charge in [-0.1, -0.05) is 66.7 Å². The molecule has 4 N–H and O–H groups in total. The van der Waals surface area contributed by atoms with Crippen molar-refractivity contribution in [1.29, 1.82) is 0 Å². The van der Waals surface area contributed by atoms with Crippen molar-refractivity contribution in [3.8, 4) is 0 Å². The molecule has 1 saturated heterocycles. The molecule has 1 atom stereocenters. The third-order valence-electron chi connectivity index (χ3n) is 6.47. The topological polar surface area (TPSA) is 104 Å². The lowest BCUT2D eigenvalue weighted by atomic mass is 9.85. The quantitative estimate of drug-likeness (QED) is 0.540. The van der Waals surface area contributed by atoms with Crippen molar-refractivity contribution < 1.29 is 19.8 Å². The Bertz CT molecular complexity index is 1140. The smallest absolute Gasteiger partial charge is 0.345 e. The van der Waals surface area contributed by atoms with Gasteiger partial charge in [0, 0.05) is 30.8 Å². The first kappa shape index (κ1) is 22.7. The van der Waals surface area contributed by atoms with Gasteiger partial charge in [-0.2, -0.15) is 0 Å².